The third-order valence-corrected chi connectivity index (χ3v) is 6.60. The molecule has 3 aromatic rings. The zero-order valence-electron chi connectivity index (χ0n) is 12.6. The Morgan fingerprint density at radius 3 is 2.78 bits per heavy atom. The summed E-state index contributed by atoms with van der Waals surface area (Å²) in [6.45, 7) is 1.95. The first-order valence-electron chi connectivity index (χ1n) is 6.87. The summed E-state index contributed by atoms with van der Waals surface area (Å²) in [6.07, 6.45) is 1.66. The van der Waals surface area contributed by atoms with Crippen molar-refractivity contribution in [1.82, 2.24) is 13.7 Å². The van der Waals surface area contributed by atoms with Crippen LogP contribution in [-0.4, -0.2) is 29.2 Å². The molecule has 0 aliphatic heterocycles. The molecule has 0 aliphatic carbocycles. The van der Waals surface area contributed by atoms with E-state index >= 15 is 0 Å². The summed E-state index contributed by atoms with van der Waals surface area (Å²) in [5, 5.41) is 1.71. The number of pyridine rings is 1. The van der Waals surface area contributed by atoms with E-state index in [9.17, 15) is 13.2 Å². The van der Waals surface area contributed by atoms with Crippen LogP contribution < -0.4 is 5.56 Å². The van der Waals surface area contributed by atoms with E-state index in [4.69, 9.17) is 0 Å². The van der Waals surface area contributed by atoms with Crippen molar-refractivity contribution in [3.63, 3.8) is 0 Å². The molecule has 0 radical (unpaired) electrons. The molecule has 0 atom stereocenters. The molecular formula is C15H15N3O3S2. The van der Waals surface area contributed by atoms with Gasteiger partial charge in [-0.2, -0.15) is 4.31 Å². The molecule has 6 nitrogen and oxygen atoms in total. The average molecular weight is 349 g/mol. The highest BCUT2D eigenvalue weighted by atomic mass is 32.2. The number of hydrogen-bond donors (Lipinski definition) is 0. The van der Waals surface area contributed by atoms with Crippen LogP contribution in [0.5, 0.6) is 0 Å². The van der Waals surface area contributed by atoms with Crippen molar-refractivity contribution >= 4 is 27.0 Å². The average Bonchev–Trinajstić information content (AvgIpc) is 3.01. The largest absolute Gasteiger partial charge is 0.269 e. The molecule has 3 aromatic heterocycles. The van der Waals surface area contributed by atoms with Gasteiger partial charge >= 0.3 is 0 Å². The summed E-state index contributed by atoms with van der Waals surface area (Å²) in [5.74, 6) is 0. The fraction of sp³-hybridized carbons (Fsp3) is 0.200. The van der Waals surface area contributed by atoms with Gasteiger partial charge < -0.3 is 0 Å². The number of aryl methyl sites for hydroxylation is 1. The van der Waals surface area contributed by atoms with Gasteiger partial charge in [0.25, 0.3) is 15.6 Å². The van der Waals surface area contributed by atoms with Gasteiger partial charge in [0.15, 0.2) is 0 Å². The van der Waals surface area contributed by atoms with E-state index in [1.807, 2.05) is 13.0 Å². The minimum atomic E-state index is -3.57. The Balaban J connectivity index is 1.97. The molecule has 0 aromatic carbocycles. The van der Waals surface area contributed by atoms with Gasteiger partial charge in [0.2, 0.25) is 0 Å². The van der Waals surface area contributed by atoms with Gasteiger partial charge in [-0.05, 0) is 36.1 Å². The van der Waals surface area contributed by atoms with Crippen molar-refractivity contribution in [2.45, 2.75) is 17.7 Å². The fourth-order valence-electron chi connectivity index (χ4n) is 2.21. The summed E-state index contributed by atoms with van der Waals surface area (Å²) >= 11 is 1.16. The molecule has 0 saturated heterocycles. The van der Waals surface area contributed by atoms with Crippen LogP contribution in [0.3, 0.4) is 0 Å². The summed E-state index contributed by atoms with van der Waals surface area (Å²) in [6, 6.07) is 8.22. The number of thiophene rings is 1. The maximum absolute atomic E-state index is 12.4. The standard InChI is InChI=1S/C15H15N3O3S2/c1-11-5-6-18-13(8-11)16-12(9-14(18)19)10-17(2)23(20,21)15-4-3-7-22-15/h3-9H,10H2,1-2H3. The van der Waals surface area contributed by atoms with Crippen molar-refractivity contribution in [3.05, 3.63) is 63.5 Å². The van der Waals surface area contributed by atoms with E-state index in [2.05, 4.69) is 4.98 Å². The third-order valence-electron chi connectivity index (χ3n) is 3.42. The molecule has 0 fully saturated rings. The lowest BCUT2D eigenvalue weighted by molar-refractivity contribution is 0.463. The molecule has 120 valence electrons. The predicted molar refractivity (Wildman–Crippen MR) is 89.2 cm³/mol. The minimum Gasteiger partial charge on any atom is -0.269 e. The summed E-state index contributed by atoms with van der Waals surface area (Å²) in [7, 11) is -2.08. The lowest BCUT2D eigenvalue weighted by Gasteiger charge is -2.15. The van der Waals surface area contributed by atoms with Crippen molar-refractivity contribution < 1.29 is 8.42 Å². The maximum Gasteiger partial charge on any atom is 0.258 e. The monoisotopic (exact) mass is 349 g/mol. The van der Waals surface area contributed by atoms with Crippen LogP contribution in [0.4, 0.5) is 0 Å². The maximum atomic E-state index is 12.4. The van der Waals surface area contributed by atoms with Crippen molar-refractivity contribution in [2.75, 3.05) is 7.05 Å². The SMILES string of the molecule is Cc1ccn2c(=O)cc(CN(C)S(=O)(=O)c3cccs3)nc2c1. The Kier molecular flexibility index (Phi) is 4.05. The first-order chi connectivity index (χ1) is 10.9. The van der Waals surface area contributed by atoms with Gasteiger partial charge in [-0.1, -0.05) is 6.07 Å². The molecule has 0 N–H and O–H groups in total. The van der Waals surface area contributed by atoms with E-state index in [-0.39, 0.29) is 16.3 Å². The van der Waals surface area contributed by atoms with Gasteiger partial charge in [-0.25, -0.2) is 13.4 Å². The number of nitrogens with zero attached hydrogens (tertiary/aromatic N) is 3. The van der Waals surface area contributed by atoms with Crippen molar-refractivity contribution in [2.24, 2.45) is 0 Å². The van der Waals surface area contributed by atoms with Crippen LogP contribution in [0.2, 0.25) is 0 Å². The molecule has 8 heteroatoms. The highest BCUT2D eigenvalue weighted by Crippen LogP contribution is 2.20. The Labute approximate surface area is 137 Å². The Morgan fingerprint density at radius 1 is 1.30 bits per heavy atom. The molecule has 0 aliphatic rings. The van der Waals surface area contributed by atoms with E-state index in [0.29, 0.717) is 11.3 Å². The fourth-order valence-corrected chi connectivity index (χ4v) is 4.55. The number of fused-ring (bicyclic) bond motifs is 1. The summed E-state index contributed by atoms with van der Waals surface area (Å²) in [5.41, 5.74) is 1.68. The van der Waals surface area contributed by atoms with Gasteiger partial charge in [-0.15, -0.1) is 11.3 Å². The van der Waals surface area contributed by atoms with Crippen LogP contribution in [-0.2, 0) is 16.6 Å². The highest BCUT2D eigenvalue weighted by Gasteiger charge is 2.22. The molecule has 0 saturated carbocycles. The van der Waals surface area contributed by atoms with Crippen LogP contribution >= 0.6 is 11.3 Å². The van der Waals surface area contributed by atoms with Gasteiger partial charge in [-0.3, -0.25) is 9.20 Å². The molecule has 0 spiro atoms. The molecule has 0 unspecified atom stereocenters. The smallest absolute Gasteiger partial charge is 0.258 e. The molecular weight excluding hydrogens is 334 g/mol. The highest BCUT2D eigenvalue weighted by molar-refractivity contribution is 7.91. The van der Waals surface area contributed by atoms with Gasteiger partial charge in [0, 0.05) is 19.3 Å². The minimum absolute atomic E-state index is 0.0416. The van der Waals surface area contributed by atoms with Crippen LogP contribution in [0, 0.1) is 6.92 Å². The topological polar surface area (TPSA) is 71.8 Å². The van der Waals surface area contributed by atoms with Gasteiger partial charge in [0.05, 0.1) is 12.2 Å². The quantitative estimate of drug-likeness (QED) is 0.721. The third kappa shape index (κ3) is 3.05. The first-order valence-corrected chi connectivity index (χ1v) is 9.19. The Morgan fingerprint density at radius 2 is 2.09 bits per heavy atom. The van der Waals surface area contributed by atoms with Crippen LogP contribution in [0.25, 0.3) is 5.65 Å². The summed E-state index contributed by atoms with van der Waals surface area (Å²) < 4.78 is 27.8. The summed E-state index contributed by atoms with van der Waals surface area (Å²) in [4.78, 5) is 16.5. The van der Waals surface area contributed by atoms with Crippen LogP contribution in [0.15, 0.2) is 50.9 Å². The molecule has 23 heavy (non-hydrogen) atoms. The number of rotatable bonds is 4. The van der Waals surface area contributed by atoms with E-state index in [1.54, 1.807) is 29.8 Å². The molecule has 0 amide bonds. The van der Waals surface area contributed by atoms with Crippen LogP contribution in [0.1, 0.15) is 11.3 Å². The second-order valence-electron chi connectivity index (χ2n) is 5.21. The zero-order chi connectivity index (χ0) is 16.6. The van der Waals surface area contributed by atoms with Crippen molar-refractivity contribution in [3.8, 4) is 0 Å². The van der Waals surface area contributed by atoms with Crippen molar-refractivity contribution in [1.29, 1.82) is 0 Å². The van der Waals surface area contributed by atoms with E-state index in [0.717, 1.165) is 16.9 Å². The lowest BCUT2D eigenvalue weighted by atomic mass is 10.3. The number of sulfonamides is 1. The molecule has 3 rings (SSSR count). The Hall–Kier alpha value is -2.03. The van der Waals surface area contributed by atoms with Gasteiger partial charge in [0.1, 0.15) is 9.86 Å². The number of hydrogen-bond acceptors (Lipinski definition) is 5. The number of aromatic nitrogens is 2. The molecule has 3 heterocycles. The lowest BCUT2D eigenvalue weighted by Crippen LogP contribution is -2.27. The zero-order valence-corrected chi connectivity index (χ0v) is 14.3. The first kappa shape index (κ1) is 15.9. The predicted octanol–water partition coefficient (Wildman–Crippen LogP) is 1.89. The van der Waals surface area contributed by atoms with E-state index in [1.165, 1.54) is 21.8 Å². The second kappa shape index (κ2) is 5.88. The van der Waals surface area contributed by atoms with E-state index < -0.39 is 10.0 Å². The second-order valence-corrected chi connectivity index (χ2v) is 8.43. The normalized spacial score (nSPS) is 12.1. The Bertz CT molecular complexity index is 1010. The molecule has 0 bridgehead atoms.